The van der Waals surface area contributed by atoms with E-state index in [2.05, 4.69) is 97.0 Å². The predicted octanol–water partition coefficient (Wildman–Crippen LogP) is 10.3. The van der Waals surface area contributed by atoms with Gasteiger partial charge in [-0.3, -0.25) is 4.79 Å². The lowest BCUT2D eigenvalue weighted by molar-refractivity contribution is -0.236. The van der Waals surface area contributed by atoms with Crippen molar-refractivity contribution >= 4 is 22.6 Å². The first-order valence-electron chi connectivity index (χ1n) is 17.6. The van der Waals surface area contributed by atoms with Gasteiger partial charge in [-0.25, -0.2) is 0 Å². The highest BCUT2D eigenvalue weighted by Gasteiger charge is 2.73. The molecule has 2 bridgehead atoms. The SMILES string of the molecule is CC1(C)CC[C@]23CC[C@]4(C)[C@@H](CC[C@@H]5[C@@]6(C)C/C(=C\c7cccc8ccccc78)C(=O)C(C)(C)[C@H]6CC[C@]54C)[C@H]2[C@H]1OC3. The van der Waals surface area contributed by atoms with E-state index >= 15 is 0 Å². The molecule has 5 saturated carbocycles. The van der Waals surface area contributed by atoms with Gasteiger partial charge in [0.05, 0.1) is 12.7 Å². The molecule has 9 atom stereocenters. The summed E-state index contributed by atoms with van der Waals surface area (Å²) in [5.74, 6) is 2.97. The zero-order chi connectivity index (χ0) is 30.2. The predicted molar refractivity (Wildman–Crippen MR) is 177 cm³/mol. The number of ketones is 1. The summed E-state index contributed by atoms with van der Waals surface area (Å²) in [6, 6.07) is 15.2. The van der Waals surface area contributed by atoms with Crippen LogP contribution >= 0.6 is 0 Å². The molecule has 8 rings (SSSR count). The quantitative estimate of drug-likeness (QED) is 0.315. The van der Waals surface area contributed by atoms with Gasteiger partial charge in [-0.05, 0) is 137 Å². The Balaban J connectivity index is 1.20. The average molecular weight is 579 g/mol. The Hall–Kier alpha value is -1.93. The molecule has 0 unspecified atom stereocenters. The minimum absolute atomic E-state index is 0.130. The number of allylic oxidation sites excluding steroid dienone is 1. The van der Waals surface area contributed by atoms with Crippen molar-refractivity contribution in [2.75, 3.05) is 6.61 Å². The second-order valence-electron chi connectivity index (χ2n) is 18.2. The van der Waals surface area contributed by atoms with Crippen LogP contribution in [0, 0.1) is 56.2 Å². The highest BCUT2D eigenvalue weighted by molar-refractivity contribution is 6.06. The number of hydrogen-bond donors (Lipinski definition) is 0. The van der Waals surface area contributed by atoms with Gasteiger partial charge in [-0.2, -0.15) is 0 Å². The van der Waals surface area contributed by atoms with Crippen molar-refractivity contribution in [3.63, 3.8) is 0 Å². The highest BCUT2D eigenvalue weighted by Crippen LogP contribution is 2.78. The Morgan fingerprint density at radius 2 is 1.51 bits per heavy atom. The maximum atomic E-state index is 14.3. The van der Waals surface area contributed by atoms with Crippen molar-refractivity contribution in [2.24, 2.45) is 56.2 Å². The summed E-state index contributed by atoms with van der Waals surface area (Å²) in [5, 5.41) is 2.50. The third-order valence-corrected chi connectivity index (χ3v) is 15.9. The average Bonchev–Trinajstić information content (AvgIpc) is 3.30. The lowest BCUT2D eigenvalue weighted by Gasteiger charge is -2.73. The molecule has 43 heavy (non-hydrogen) atoms. The summed E-state index contributed by atoms with van der Waals surface area (Å²) in [4.78, 5) is 14.3. The molecule has 2 heteroatoms. The molecule has 6 aliphatic rings. The van der Waals surface area contributed by atoms with Crippen LogP contribution in [0.4, 0.5) is 0 Å². The maximum absolute atomic E-state index is 14.3. The van der Waals surface area contributed by atoms with E-state index in [4.69, 9.17) is 4.74 Å². The summed E-state index contributed by atoms with van der Waals surface area (Å²) in [6.45, 7) is 18.6. The fraction of sp³-hybridized carbons (Fsp3) is 0.683. The van der Waals surface area contributed by atoms with E-state index in [0.717, 1.165) is 30.4 Å². The van der Waals surface area contributed by atoms with Gasteiger partial charge in [0.1, 0.15) is 0 Å². The van der Waals surface area contributed by atoms with Gasteiger partial charge < -0.3 is 4.74 Å². The van der Waals surface area contributed by atoms with Crippen LogP contribution in [0.5, 0.6) is 0 Å². The molecule has 230 valence electrons. The number of rotatable bonds is 1. The van der Waals surface area contributed by atoms with E-state index < -0.39 is 0 Å². The Bertz CT molecular complexity index is 1520. The molecule has 0 amide bonds. The molecule has 0 radical (unpaired) electrons. The van der Waals surface area contributed by atoms with Crippen LogP contribution in [0.25, 0.3) is 16.8 Å². The second kappa shape index (κ2) is 8.86. The topological polar surface area (TPSA) is 26.3 Å². The van der Waals surface area contributed by atoms with Crippen molar-refractivity contribution in [3.8, 4) is 0 Å². The van der Waals surface area contributed by atoms with E-state index in [1.165, 1.54) is 67.7 Å². The molecule has 1 saturated heterocycles. The fourth-order valence-corrected chi connectivity index (χ4v) is 13.5. The van der Waals surface area contributed by atoms with E-state index in [1.807, 2.05) is 0 Å². The molecule has 1 aliphatic heterocycles. The van der Waals surface area contributed by atoms with Gasteiger partial charge in [-0.1, -0.05) is 90.9 Å². The number of fused-ring (bicyclic) bond motifs is 6. The van der Waals surface area contributed by atoms with Crippen LogP contribution in [0.1, 0.15) is 112 Å². The van der Waals surface area contributed by atoms with Crippen molar-refractivity contribution in [2.45, 2.75) is 112 Å². The number of carbonyl (C=O) groups is 1. The first-order valence-corrected chi connectivity index (χ1v) is 17.6. The molecule has 0 N–H and O–H groups in total. The van der Waals surface area contributed by atoms with Crippen molar-refractivity contribution in [1.82, 2.24) is 0 Å². The fourth-order valence-electron chi connectivity index (χ4n) is 13.5. The van der Waals surface area contributed by atoms with Crippen molar-refractivity contribution < 1.29 is 9.53 Å². The Morgan fingerprint density at radius 3 is 2.33 bits per heavy atom. The largest absolute Gasteiger partial charge is 0.377 e. The summed E-state index contributed by atoms with van der Waals surface area (Å²) in [7, 11) is 0. The molecular formula is C41H54O2. The number of hydrogen-bond acceptors (Lipinski definition) is 2. The van der Waals surface area contributed by atoms with Crippen LogP contribution in [-0.4, -0.2) is 18.5 Å². The monoisotopic (exact) mass is 578 g/mol. The Kier molecular flexibility index (Phi) is 5.88. The number of ether oxygens (including phenoxy) is 1. The first-order chi connectivity index (χ1) is 20.3. The number of Topliss-reactive ketones (excluding diaryl/α,β-unsaturated/α-hetero) is 1. The minimum Gasteiger partial charge on any atom is -0.377 e. The van der Waals surface area contributed by atoms with Crippen LogP contribution in [0.3, 0.4) is 0 Å². The van der Waals surface area contributed by atoms with Crippen LogP contribution in [0.15, 0.2) is 48.0 Å². The van der Waals surface area contributed by atoms with E-state index in [0.29, 0.717) is 45.4 Å². The number of benzene rings is 2. The molecule has 2 nitrogen and oxygen atoms in total. The van der Waals surface area contributed by atoms with Gasteiger partial charge in [-0.15, -0.1) is 0 Å². The van der Waals surface area contributed by atoms with Crippen LogP contribution in [0.2, 0.25) is 0 Å². The molecule has 0 spiro atoms. The zero-order valence-electron chi connectivity index (χ0n) is 27.9. The van der Waals surface area contributed by atoms with E-state index in [-0.39, 0.29) is 10.8 Å². The van der Waals surface area contributed by atoms with Gasteiger partial charge >= 0.3 is 0 Å². The lowest BCUT2D eigenvalue weighted by Crippen LogP contribution is -2.67. The Labute approximate surface area is 260 Å². The third kappa shape index (κ3) is 3.54. The standard InChI is InChI=1S/C41H54O2/c1-36(2)19-21-41-22-20-39(6)30(33(41)35(36)43-25-41)15-16-32-38(5)24-28(23-27-13-10-12-26-11-8-9-14-29(26)27)34(42)37(3,4)31(38)17-18-40(32,39)7/h8-14,23,30-33,35H,15-22,24-25H2,1-7H3/b28-23+/t30-,31+,32+,33-,35+,38-,39+,40+,41+/m0/s1. The second-order valence-corrected chi connectivity index (χ2v) is 18.2. The van der Waals surface area contributed by atoms with Gasteiger partial charge in [0.2, 0.25) is 0 Å². The first kappa shape index (κ1) is 28.5. The maximum Gasteiger partial charge on any atom is 0.164 e. The molecule has 2 aromatic rings. The summed E-state index contributed by atoms with van der Waals surface area (Å²) in [5.41, 5.74) is 3.42. The third-order valence-electron chi connectivity index (χ3n) is 15.9. The van der Waals surface area contributed by atoms with Crippen molar-refractivity contribution in [1.29, 1.82) is 0 Å². The zero-order valence-corrected chi connectivity index (χ0v) is 27.9. The smallest absolute Gasteiger partial charge is 0.164 e. The van der Waals surface area contributed by atoms with Crippen molar-refractivity contribution in [3.05, 3.63) is 53.6 Å². The lowest BCUT2D eigenvalue weighted by atomic mass is 9.31. The highest BCUT2D eigenvalue weighted by atomic mass is 16.5. The molecule has 2 aromatic carbocycles. The summed E-state index contributed by atoms with van der Waals surface area (Å²) < 4.78 is 6.79. The summed E-state index contributed by atoms with van der Waals surface area (Å²) in [6.07, 6.45) is 14.2. The number of carbonyl (C=O) groups excluding carboxylic acids is 1. The van der Waals surface area contributed by atoms with Gasteiger partial charge in [0, 0.05) is 5.41 Å². The Morgan fingerprint density at radius 1 is 0.767 bits per heavy atom. The molecular weight excluding hydrogens is 524 g/mol. The van der Waals surface area contributed by atoms with Crippen LogP contribution in [-0.2, 0) is 9.53 Å². The normalized spacial score (nSPS) is 47.0. The molecule has 5 aliphatic carbocycles. The van der Waals surface area contributed by atoms with E-state index in [9.17, 15) is 4.79 Å². The summed E-state index contributed by atoms with van der Waals surface area (Å²) >= 11 is 0. The molecule has 0 aromatic heterocycles. The van der Waals surface area contributed by atoms with Gasteiger partial charge in [0.25, 0.3) is 0 Å². The molecule has 1 heterocycles. The molecule has 6 fully saturated rings. The van der Waals surface area contributed by atoms with E-state index in [1.54, 1.807) is 0 Å². The van der Waals surface area contributed by atoms with Crippen LogP contribution < -0.4 is 0 Å². The van der Waals surface area contributed by atoms with Gasteiger partial charge in [0.15, 0.2) is 5.78 Å². The minimum atomic E-state index is -0.334.